The lowest BCUT2D eigenvalue weighted by molar-refractivity contribution is 0.303. The van der Waals surface area contributed by atoms with Gasteiger partial charge in [-0.15, -0.1) is 0 Å². The molecule has 4 nitrogen and oxygen atoms in total. The lowest BCUT2D eigenvalue weighted by Crippen LogP contribution is -2.09. The van der Waals surface area contributed by atoms with Crippen LogP contribution in [0.1, 0.15) is 12.8 Å². The summed E-state index contributed by atoms with van der Waals surface area (Å²) in [5.41, 5.74) is 0.422. The molecule has 16 heavy (non-hydrogen) atoms. The van der Waals surface area contributed by atoms with Crippen LogP contribution in [0.15, 0.2) is 18.2 Å². The van der Waals surface area contributed by atoms with E-state index >= 15 is 0 Å². The fourth-order valence-corrected chi connectivity index (χ4v) is 2.05. The molecule has 1 aliphatic rings. The normalized spacial score (nSPS) is 15.9. The van der Waals surface area contributed by atoms with Gasteiger partial charge in [0.05, 0.1) is 18.0 Å². The highest BCUT2D eigenvalue weighted by Crippen LogP contribution is 2.31. The Morgan fingerprint density at radius 3 is 2.62 bits per heavy atom. The lowest BCUT2D eigenvalue weighted by atomic mass is 10.3. The van der Waals surface area contributed by atoms with Gasteiger partial charge in [0.1, 0.15) is 5.75 Å². The summed E-state index contributed by atoms with van der Waals surface area (Å²) >= 11 is 5.87. The van der Waals surface area contributed by atoms with E-state index in [1.807, 2.05) is 0 Å². The number of hydrogen-bond acceptors (Lipinski definition) is 3. The molecular weight excluding hydrogens is 250 g/mol. The number of benzene rings is 1. The Morgan fingerprint density at radius 1 is 1.38 bits per heavy atom. The van der Waals surface area contributed by atoms with Crippen molar-refractivity contribution in [3.63, 3.8) is 0 Å². The van der Waals surface area contributed by atoms with Crippen molar-refractivity contribution in [2.45, 2.75) is 18.9 Å². The molecule has 0 aromatic heterocycles. The van der Waals surface area contributed by atoms with Crippen LogP contribution in [0, 0.1) is 0 Å². The van der Waals surface area contributed by atoms with Crippen molar-refractivity contribution in [1.82, 2.24) is 0 Å². The monoisotopic (exact) mass is 261 g/mol. The van der Waals surface area contributed by atoms with Crippen LogP contribution in [0.25, 0.3) is 0 Å². The molecule has 0 spiro atoms. The molecule has 0 saturated heterocycles. The first-order chi connectivity index (χ1) is 7.42. The minimum Gasteiger partial charge on any atom is -0.490 e. The van der Waals surface area contributed by atoms with Gasteiger partial charge in [0.2, 0.25) is 10.0 Å². The predicted octanol–water partition coefficient (Wildman–Crippen LogP) is 2.25. The summed E-state index contributed by atoms with van der Waals surface area (Å²) in [5, 5.41) is 0.448. The summed E-state index contributed by atoms with van der Waals surface area (Å²) < 4.78 is 30.0. The average Bonchev–Trinajstić information content (AvgIpc) is 2.82. The third-order valence-corrected chi connectivity index (χ3v) is 2.83. The third kappa shape index (κ3) is 3.57. The largest absolute Gasteiger partial charge is 0.490 e. The van der Waals surface area contributed by atoms with Crippen LogP contribution in [0.5, 0.6) is 5.75 Å². The minimum atomic E-state index is -3.29. The SMILES string of the molecule is CS(=O)(=O)Nc1cc(Cl)cc(OC2CC2)c1. The molecule has 0 amide bonds. The number of hydrogen-bond donors (Lipinski definition) is 1. The molecule has 1 fully saturated rings. The molecule has 1 saturated carbocycles. The summed E-state index contributed by atoms with van der Waals surface area (Å²) in [4.78, 5) is 0. The zero-order valence-corrected chi connectivity index (χ0v) is 10.3. The number of sulfonamides is 1. The van der Waals surface area contributed by atoms with E-state index in [4.69, 9.17) is 16.3 Å². The van der Waals surface area contributed by atoms with Crippen molar-refractivity contribution in [1.29, 1.82) is 0 Å². The molecule has 0 heterocycles. The van der Waals surface area contributed by atoms with E-state index in [0.717, 1.165) is 19.1 Å². The summed E-state index contributed by atoms with van der Waals surface area (Å²) in [5.74, 6) is 0.598. The van der Waals surface area contributed by atoms with Gasteiger partial charge >= 0.3 is 0 Å². The van der Waals surface area contributed by atoms with Crippen molar-refractivity contribution in [3.05, 3.63) is 23.2 Å². The quantitative estimate of drug-likeness (QED) is 0.904. The smallest absolute Gasteiger partial charge is 0.229 e. The molecule has 0 atom stereocenters. The van der Waals surface area contributed by atoms with Gasteiger partial charge in [0.25, 0.3) is 0 Å². The summed E-state index contributed by atoms with van der Waals surface area (Å²) in [6, 6.07) is 4.85. The van der Waals surface area contributed by atoms with Crippen molar-refractivity contribution >= 4 is 27.3 Å². The van der Waals surface area contributed by atoms with Crippen LogP contribution in [0.3, 0.4) is 0 Å². The first kappa shape index (κ1) is 11.5. The van der Waals surface area contributed by atoms with E-state index in [9.17, 15) is 8.42 Å². The maximum atomic E-state index is 11.1. The fourth-order valence-electron chi connectivity index (χ4n) is 1.28. The first-order valence-corrected chi connectivity index (χ1v) is 7.14. The second kappa shape index (κ2) is 4.14. The van der Waals surface area contributed by atoms with E-state index < -0.39 is 10.0 Å². The average molecular weight is 262 g/mol. The Hall–Kier alpha value is -0.940. The van der Waals surface area contributed by atoms with Gasteiger partial charge in [-0.05, 0) is 25.0 Å². The second-order valence-electron chi connectivity index (χ2n) is 3.87. The zero-order chi connectivity index (χ0) is 11.8. The van der Waals surface area contributed by atoms with Crippen molar-refractivity contribution < 1.29 is 13.2 Å². The molecular formula is C10H12ClNO3S. The van der Waals surface area contributed by atoms with Gasteiger partial charge in [0, 0.05) is 11.1 Å². The molecule has 0 aliphatic heterocycles. The molecule has 1 aliphatic carbocycles. The Bertz CT molecular complexity index is 497. The summed E-state index contributed by atoms with van der Waals surface area (Å²) in [7, 11) is -3.29. The maximum Gasteiger partial charge on any atom is 0.229 e. The highest BCUT2D eigenvalue weighted by molar-refractivity contribution is 7.92. The summed E-state index contributed by atoms with van der Waals surface area (Å²) in [6.07, 6.45) is 3.43. The van der Waals surface area contributed by atoms with Gasteiger partial charge in [-0.25, -0.2) is 8.42 Å². The first-order valence-electron chi connectivity index (χ1n) is 4.87. The van der Waals surface area contributed by atoms with Crippen LogP contribution < -0.4 is 9.46 Å². The molecule has 0 bridgehead atoms. The number of halogens is 1. The van der Waals surface area contributed by atoms with Gasteiger partial charge < -0.3 is 4.74 Å². The van der Waals surface area contributed by atoms with E-state index in [-0.39, 0.29) is 6.10 Å². The number of rotatable bonds is 4. The van der Waals surface area contributed by atoms with Gasteiger partial charge in [-0.1, -0.05) is 11.6 Å². The van der Waals surface area contributed by atoms with Crippen LogP contribution >= 0.6 is 11.6 Å². The standard InChI is InChI=1S/C10H12ClNO3S/c1-16(13,14)12-8-4-7(11)5-10(6-8)15-9-2-3-9/h4-6,9,12H,2-3H2,1H3. The molecule has 1 aromatic rings. The molecule has 2 rings (SSSR count). The lowest BCUT2D eigenvalue weighted by Gasteiger charge is -2.09. The zero-order valence-electron chi connectivity index (χ0n) is 8.73. The molecule has 1 aromatic carbocycles. The minimum absolute atomic E-state index is 0.254. The molecule has 1 N–H and O–H groups in total. The summed E-state index contributed by atoms with van der Waals surface area (Å²) in [6.45, 7) is 0. The molecule has 0 radical (unpaired) electrons. The second-order valence-corrected chi connectivity index (χ2v) is 6.05. The van der Waals surface area contributed by atoms with Crippen LogP contribution in [-0.4, -0.2) is 20.8 Å². The number of anilines is 1. The van der Waals surface area contributed by atoms with E-state index in [1.54, 1.807) is 18.2 Å². The Kier molecular flexibility index (Phi) is 2.99. The van der Waals surface area contributed by atoms with Crippen LogP contribution in [0.2, 0.25) is 5.02 Å². The third-order valence-electron chi connectivity index (χ3n) is 2.00. The van der Waals surface area contributed by atoms with Gasteiger partial charge in [0.15, 0.2) is 0 Å². The van der Waals surface area contributed by atoms with E-state index in [0.29, 0.717) is 16.5 Å². The van der Waals surface area contributed by atoms with Crippen molar-refractivity contribution in [3.8, 4) is 5.75 Å². The van der Waals surface area contributed by atoms with Crippen LogP contribution in [-0.2, 0) is 10.0 Å². The van der Waals surface area contributed by atoms with Crippen LogP contribution in [0.4, 0.5) is 5.69 Å². The predicted molar refractivity (Wildman–Crippen MR) is 63.6 cm³/mol. The molecule has 88 valence electrons. The van der Waals surface area contributed by atoms with E-state index in [2.05, 4.69) is 4.72 Å². The number of ether oxygens (including phenoxy) is 1. The Labute approximate surface area is 99.6 Å². The molecule has 0 unspecified atom stereocenters. The van der Waals surface area contributed by atoms with E-state index in [1.165, 1.54) is 0 Å². The molecule has 6 heteroatoms. The van der Waals surface area contributed by atoms with Gasteiger partial charge in [-0.2, -0.15) is 0 Å². The highest BCUT2D eigenvalue weighted by atomic mass is 35.5. The van der Waals surface area contributed by atoms with Crippen molar-refractivity contribution in [2.75, 3.05) is 11.0 Å². The number of nitrogens with one attached hydrogen (secondary N) is 1. The highest BCUT2D eigenvalue weighted by Gasteiger charge is 2.23. The Morgan fingerprint density at radius 2 is 2.06 bits per heavy atom. The Balaban J connectivity index is 2.20. The van der Waals surface area contributed by atoms with Gasteiger partial charge in [-0.3, -0.25) is 4.72 Å². The fraction of sp³-hybridized carbons (Fsp3) is 0.400. The maximum absolute atomic E-state index is 11.1. The topological polar surface area (TPSA) is 55.4 Å². The van der Waals surface area contributed by atoms with Crippen molar-refractivity contribution in [2.24, 2.45) is 0 Å².